The van der Waals surface area contributed by atoms with Crippen molar-refractivity contribution >= 4 is 98.1 Å². The van der Waals surface area contributed by atoms with E-state index >= 15 is 0 Å². The Balaban J connectivity index is 0.981. The van der Waals surface area contributed by atoms with E-state index in [0.29, 0.717) is 0 Å². The van der Waals surface area contributed by atoms with Crippen molar-refractivity contribution in [3.05, 3.63) is 182 Å². The first-order valence-corrected chi connectivity index (χ1v) is 19.4. The highest BCUT2D eigenvalue weighted by Crippen LogP contribution is 2.46. The largest absolute Gasteiger partial charge is 0.456 e. The Morgan fingerprint density at radius 3 is 1.25 bits per heavy atom. The molecule has 0 aliphatic carbocycles. The van der Waals surface area contributed by atoms with Gasteiger partial charge in [0.15, 0.2) is 11.2 Å². The third kappa shape index (κ3) is 4.42. The molecule has 57 heavy (non-hydrogen) atoms. The van der Waals surface area contributed by atoms with Crippen LogP contribution < -0.4 is 0 Å². The summed E-state index contributed by atoms with van der Waals surface area (Å²) in [6.07, 6.45) is 0. The molecular formula is C54H30O3. The topological polar surface area (TPSA) is 39.4 Å². The van der Waals surface area contributed by atoms with Crippen LogP contribution in [0.5, 0.6) is 0 Å². The van der Waals surface area contributed by atoms with Gasteiger partial charge in [-0.2, -0.15) is 0 Å². The fourth-order valence-electron chi connectivity index (χ4n) is 9.40. The lowest BCUT2D eigenvalue weighted by atomic mass is 9.85. The number of rotatable bonds is 3. The quantitative estimate of drug-likeness (QED) is 0.170. The first kappa shape index (κ1) is 30.7. The van der Waals surface area contributed by atoms with Crippen molar-refractivity contribution in [2.75, 3.05) is 0 Å². The zero-order chi connectivity index (χ0) is 37.2. The van der Waals surface area contributed by atoms with E-state index in [9.17, 15) is 0 Å². The fraction of sp³-hybridized carbons (Fsp3) is 0. The molecule has 0 radical (unpaired) electrons. The van der Waals surface area contributed by atoms with E-state index < -0.39 is 0 Å². The molecular weight excluding hydrogens is 697 g/mol. The van der Waals surface area contributed by atoms with Crippen molar-refractivity contribution in [1.82, 2.24) is 0 Å². The van der Waals surface area contributed by atoms with Crippen molar-refractivity contribution in [3.8, 4) is 33.4 Å². The molecule has 264 valence electrons. The number of benzene rings is 10. The summed E-state index contributed by atoms with van der Waals surface area (Å²) in [5.74, 6) is 0. The van der Waals surface area contributed by atoms with Crippen molar-refractivity contribution in [2.45, 2.75) is 0 Å². The summed E-state index contributed by atoms with van der Waals surface area (Å²) in [6, 6.07) is 65.2. The molecule has 0 unspecified atom stereocenters. The summed E-state index contributed by atoms with van der Waals surface area (Å²) in [4.78, 5) is 0. The minimum Gasteiger partial charge on any atom is -0.456 e. The molecule has 0 atom stereocenters. The van der Waals surface area contributed by atoms with E-state index in [2.05, 4.69) is 164 Å². The Morgan fingerprint density at radius 1 is 0.228 bits per heavy atom. The molecule has 0 bridgehead atoms. The maximum absolute atomic E-state index is 6.48. The van der Waals surface area contributed by atoms with Gasteiger partial charge in [-0.1, -0.05) is 121 Å². The smallest absolute Gasteiger partial charge is 0.178 e. The van der Waals surface area contributed by atoms with E-state index in [-0.39, 0.29) is 0 Å². The van der Waals surface area contributed by atoms with E-state index in [1.54, 1.807) is 0 Å². The molecule has 0 aliphatic heterocycles. The molecule has 0 N–H and O–H groups in total. The Kier molecular flexibility index (Phi) is 6.16. The molecule has 0 aliphatic rings. The van der Waals surface area contributed by atoms with Crippen LogP contribution in [0.15, 0.2) is 195 Å². The number of fused-ring (bicyclic) bond motifs is 13. The maximum atomic E-state index is 6.48. The summed E-state index contributed by atoms with van der Waals surface area (Å²) in [7, 11) is 0. The lowest BCUT2D eigenvalue weighted by Gasteiger charge is -2.18. The van der Waals surface area contributed by atoms with Gasteiger partial charge in [-0.05, 0) is 126 Å². The first-order valence-electron chi connectivity index (χ1n) is 19.4. The van der Waals surface area contributed by atoms with E-state index in [4.69, 9.17) is 13.3 Å². The molecule has 0 amide bonds. The predicted molar refractivity (Wildman–Crippen MR) is 237 cm³/mol. The maximum Gasteiger partial charge on any atom is 0.178 e. The number of para-hydroxylation sites is 1. The SMILES string of the molecule is c1ccc2cc(-c3c4ccccc4c(-c4ccc5oc6ccc(-c7ccc8oc9c(ccc%10c%11ccccc%11oc%109)c8c7)cc6c5c4)c4ccccc34)ccc2c1. The van der Waals surface area contributed by atoms with Crippen molar-refractivity contribution < 1.29 is 13.3 Å². The second-order valence-corrected chi connectivity index (χ2v) is 15.2. The van der Waals surface area contributed by atoms with Crippen molar-refractivity contribution in [1.29, 1.82) is 0 Å². The minimum atomic E-state index is 0.782. The molecule has 13 rings (SSSR count). The van der Waals surface area contributed by atoms with Crippen LogP contribution in [0.25, 0.3) is 132 Å². The summed E-state index contributed by atoms with van der Waals surface area (Å²) in [5.41, 5.74) is 12.1. The number of hydrogen-bond donors (Lipinski definition) is 0. The molecule has 3 aromatic heterocycles. The van der Waals surface area contributed by atoms with Gasteiger partial charge in [-0.15, -0.1) is 0 Å². The molecule has 0 saturated carbocycles. The van der Waals surface area contributed by atoms with Gasteiger partial charge < -0.3 is 13.3 Å². The molecule has 3 nitrogen and oxygen atoms in total. The lowest BCUT2D eigenvalue weighted by Crippen LogP contribution is -1.91. The van der Waals surface area contributed by atoms with Gasteiger partial charge in [0.2, 0.25) is 0 Å². The average molecular weight is 727 g/mol. The Hall–Kier alpha value is -7.62. The van der Waals surface area contributed by atoms with Crippen LogP contribution in [-0.2, 0) is 0 Å². The molecule has 0 saturated heterocycles. The Bertz CT molecular complexity index is 3760. The zero-order valence-electron chi connectivity index (χ0n) is 30.5. The third-order valence-electron chi connectivity index (χ3n) is 12.0. The highest BCUT2D eigenvalue weighted by Gasteiger charge is 2.20. The van der Waals surface area contributed by atoms with Crippen LogP contribution in [-0.4, -0.2) is 0 Å². The predicted octanol–water partition coefficient (Wildman–Crippen LogP) is 15.8. The minimum absolute atomic E-state index is 0.782. The van der Waals surface area contributed by atoms with Crippen molar-refractivity contribution in [3.63, 3.8) is 0 Å². The van der Waals surface area contributed by atoms with Crippen LogP contribution in [0, 0.1) is 0 Å². The van der Waals surface area contributed by atoms with Crippen LogP contribution in [0.3, 0.4) is 0 Å². The summed E-state index contributed by atoms with van der Waals surface area (Å²) >= 11 is 0. The van der Waals surface area contributed by atoms with E-state index in [0.717, 1.165) is 82.5 Å². The first-order chi connectivity index (χ1) is 28.2. The third-order valence-corrected chi connectivity index (χ3v) is 12.0. The van der Waals surface area contributed by atoms with E-state index in [1.165, 1.54) is 49.0 Å². The van der Waals surface area contributed by atoms with Crippen LogP contribution in [0.1, 0.15) is 0 Å². The average Bonchev–Trinajstić information content (AvgIpc) is 3.96. The molecule has 0 fully saturated rings. The second-order valence-electron chi connectivity index (χ2n) is 15.2. The molecule has 3 heterocycles. The molecule has 3 heteroatoms. The molecule has 10 aromatic carbocycles. The van der Waals surface area contributed by atoms with Crippen LogP contribution in [0.4, 0.5) is 0 Å². The Morgan fingerprint density at radius 2 is 0.632 bits per heavy atom. The summed E-state index contributed by atoms with van der Waals surface area (Å²) in [5, 5.41) is 13.9. The highest BCUT2D eigenvalue weighted by molar-refractivity contribution is 6.23. The monoisotopic (exact) mass is 726 g/mol. The van der Waals surface area contributed by atoms with Crippen LogP contribution in [0.2, 0.25) is 0 Å². The van der Waals surface area contributed by atoms with Gasteiger partial charge in [0.25, 0.3) is 0 Å². The summed E-state index contributed by atoms with van der Waals surface area (Å²) < 4.78 is 19.3. The van der Waals surface area contributed by atoms with Crippen LogP contribution >= 0.6 is 0 Å². The van der Waals surface area contributed by atoms with Gasteiger partial charge in [0.1, 0.15) is 22.3 Å². The normalized spacial score (nSPS) is 12.2. The van der Waals surface area contributed by atoms with Gasteiger partial charge >= 0.3 is 0 Å². The summed E-state index contributed by atoms with van der Waals surface area (Å²) in [6.45, 7) is 0. The van der Waals surface area contributed by atoms with Gasteiger partial charge in [0, 0.05) is 32.3 Å². The van der Waals surface area contributed by atoms with Gasteiger partial charge in [0.05, 0.1) is 0 Å². The van der Waals surface area contributed by atoms with Crippen molar-refractivity contribution in [2.24, 2.45) is 0 Å². The number of furan rings is 3. The number of hydrogen-bond acceptors (Lipinski definition) is 3. The Labute approximate surface area is 325 Å². The second kappa shape index (κ2) is 11.5. The molecule has 13 aromatic rings. The standard InChI is InChI=1S/C54H30O3/c1-2-10-32-27-35(18-17-31(32)9-1)51-38-12-3-5-14-40(38)52(41-15-6-4-13-39(41)51)36-21-26-49-46(30-36)45-29-34(19-24-48(45)55-49)33-20-25-50-44(28-33)43-23-22-42-37-11-7-8-16-47(37)56-53(42)54(43)57-50/h1-30H. The van der Waals surface area contributed by atoms with Gasteiger partial charge in [-0.25, -0.2) is 0 Å². The van der Waals surface area contributed by atoms with Gasteiger partial charge in [-0.3, -0.25) is 0 Å². The lowest BCUT2D eigenvalue weighted by molar-refractivity contribution is 0.633. The molecule has 0 spiro atoms. The highest BCUT2D eigenvalue weighted by atomic mass is 16.4. The zero-order valence-corrected chi connectivity index (χ0v) is 30.5. The van der Waals surface area contributed by atoms with E-state index in [1.807, 2.05) is 18.2 Å². The fourth-order valence-corrected chi connectivity index (χ4v) is 9.40.